The maximum absolute atomic E-state index is 13.2. The Kier molecular flexibility index (Phi) is 5.88. The van der Waals surface area contributed by atoms with Gasteiger partial charge in [-0.05, 0) is 31.9 Å². The quantitative estimate of drug-likeness (QED) is 0.563. The first-order valence-electron chi connectivity index (χ1n) is 9.76. The first-order valence-corrected chi connectivity index (χ1v) is 11.2. The number of rotatable bonds is 6. The van der Waals surface area contributed by atoms with Crippen molar-refractivity contribution in [3.05, 3.63) is 42.3 Å². The van der Waals surface area contributed by atoms with E-state index in [2.05, 4.69) is 20.2 Å². The van der Waals surface area contributed by atoms with Crippen molar-refractivity contribution in [3.63, 3.8) is 0 Å². The van der Waals surface area contributed by atoms with Crippen LogP contribution in [0.25, 0.3) is 11.5 Å². The van der Waals surface area contributed by atoms with Gasteiger partial charge in [0.05, 0.1) is 36.3 Å². The van der Waals surface area contributed by atoms with Gasteiger partial charge in [0.1, 0.15) is 6.33 Å². The third-order valence-corrected chi connectivity index (χ3v) is 7.17. The van der Waals surface area contributed by atoms with E-state index in [1.54, 1.807) is 12.3 Å². The van der Waals surface area contributed by atoms with Crippen LogP contribution in [0.2, 0.25) is 0 Å². The van der Waals surface area contributed by atoms with Crippen molar-refractivity contribution in [2.45, 2.75) is 30.6 Å². The first kappa shape index (κ1) is 21.2. The molecule has 0 bridgehead atoms. The summed E-state index contributed by atoms with van der Waals surface area (Å²) in [4.78, 5) is 8.29. The third kappa shape index (κ3) is 4.10. The van der Waals surface area contributed by atoms with Crippen LogP contribution in [0.3, 0.4) is 0 Å². The summed E-state index contributed by atoms with van der Waals surface area (Å²) in [5.74, 6) is 1.36. The van der Waals surface area contributed by atoms with Gasteiger partial charge in [-0.15, -0.1) is 10.2 Å². The normalized spacial score (nSPS) is 17.5. The molecular weight excluding hydrogens is 422 g/mol. The minimum atomic E-state index is -3.72. The van der Waals surface area contributed by atoms with E-state index in [-0.39, 0.29) is 17.4 Å². The minimum absolute atomic E-state index is 0.147. The predicted molar refractivity (Wildman–Crippen MR) is 110 cm³/mol. The van der Waals surface area contributed by atoms with E-state index in [1.165, 1.54) is 37.0 Å². The molecule has 3 aromatic rings. The third-order valence-electron chi connectivity index (χ3n) is 5.31. The fourth-order valence-electron chi connectivity index (χ4n) is 3.60. The molecule has 11 heteroatoms. The lowest BCUT2D eigenvalue weighted by atomic mass is 10.00. The minimum Gasteiger partial charge on any atom is -0.493 e. The Morgan fingerprint density at radius 2 is 1.97 bits per heavy atom. The first-order chi connectivity index (χ1) is 14.9. The van der Waals surface area contributed by atoms with E-state index in [9.17, 15) is 8.42 Å². The Balaban J connectivity index is 1.57. The van der Waals surface area contributed by atoms with Crippen LogP contribution in [0.15, 0.2) is 40.0 Å². The lowest BCUT2D eigenvalue weighted by Gasteiger charge is -2.30. The van der Waals surface area contributed by atoms with Gasteiger partial charge in [0.2, 0.25) is 15.9 Å². The van der Waals surface area contributed by atoms with Crippen molar-refractivity contribution in [2.24, 2.45) is 0 Å². The monoisotopic (exact) mass is 445 g/mol. The van der Waals surface area contributed by atoms with Gasteiger partial charge in [-0.2, -0.15) is 4.31 Å². The van der Waals surface area contributed by atoms with Gasteiger partial charge in [-0.25, -0.2) is 18.4 Å². The fourth-order valence-corrected chi connectivity index (χ4v) is 5.14. The summed E-state index contributed by atoms with van der Waals surface area (Å²) in [5, 5.41) is 8.28. The average Bonchev–Trinajstić information content (AvgIpc) is 3.29. The number of aryl methyl sites for hydroxylation is 1. The van der Waals surface area contributed by atoms with Crippen molar-refractivity contribution in [1.29, 1.82) is 0 Å². The van der Waals surface area contributed by atoms with Crippen LogP contribution >= 0.6 is 0 Å². The zero-order valence-corrected chi connectivity index (χ0v) is 18.3. The summed E-state index contributed by atoms with van der Waals surface area (Å²) in [5.41, 5.74) is 1.39. The molecular formula is C20H23N5O5S. The maximum Gasteiger partial charge on any atom is 0.251 e. The number of nitrogens with zero attached hydrogens (tertiary/aromatic N) is 5. The number of hydrogen-bond acceptors (Lipinski definition) is 9. The molecule has 10 nitrogen and oxygen atoms in total. The summed E-state index contributed by atoms with van der Waals surface area (Å²) in [6.07, 6.45) is 4.51. The summed E-state index contributed by atoms with van der Waals surface area (Å²) in [7, 11) is -0.752. The second-order valence-electron chi connectivity index (χ2n) is 7.19. The number of piperidine rings is 1. The maximum atomic E-state index is 13.2. The largest absolute Gasteiger partial charge is 0.493 e. The molecule has 0 unspecified atom stereocenters. The van der Waals surface area contributed by atoms with Gasteiger partial charge in [0.15, 0.2) is 11.5 Å². The molecule has 1 saturated heterocycles. The number of ether oxygens (including phenoxy) is 2. The Labute approximate surface area is 180 Å². The molecule has 0 amide bonds. The zero-order chi connectivity index (χ0) is 22.0. The molecule has 2 aromatic heterocycles. The molecule has 0 spiro atoms. The van der Waals surface area contributed by atoms with Gasteiger partial charge in [-0.3, -0.25) is 0 Å². The number of hydrogen-bond donors (Lipinski definition) is 0. The van der Waals surface area contributed by atoms with Crippen molar-refractivity contribution in [2.75, 3.05) is 27.3 Å². The van der Waals surface area contributed by atoms with E-state index in [4.69, 9.17) is 13.9 Å². The summed E-state index contributed by atoms with van der Waals surface area (Å²) in [6, 6.07) is 4.58. The van der Waals surface area contributed by atoms with E-state index < -0.39 is 10.0 Å². The Morgan fingerprint density at radius 1 is 1.16 bits per heavy atom. The number of benzene rings is 1. The Bertz CT molecular complexity index is 1180. The smallest absolute Gasteiger partial charge is 0.251 e. The van der Waals surface area contributed by atoms with Crippen molar-refractivity contribution >= 4 is 10.0 Å². The molecule has 0 saturated carbocycles. The highest BCUT2D eigenvalue weighted by Crippen LogP contribution is 2.34. The molecule has 1 atom stereocenters. The molecule has 0 N–H and O–H groups in total. The van der Waals surface area contributed by atoms with Crippen LogP contribution in [0.4, 0.5) is 0 Å². The van der Waals surface area contributed by atoms with Crippen molar-refractivity contribution < 1.29 is 22.3 Å². The molecule has 164 valence electrons. The second-order valence-corrected chi connectivity index (χ2v) is 9.12. The van der Waals surface area contributed by atoms with E-state index in [1.807, 2.05) is 6.92 Å². The van der Waals surface area contributed by atoms with Gasteiger partial charge >= 0.3 is 0 Å². The molecule has 1 aliphatic heterocycles. The highest BCUT2D eigenvalue weighted by molar-refractivity contribution is 7.89. The van der Waals surface area contributed by atoms with Gasteiger partial charge in [-0.1, -0.05) is 0 Å². The van der Waals surface area contributed by atoms with E-state index in [0.29, 0.717) is 41.8 Å². The standard InChI is InChI=1S/C20H23N5O5S/c1-13-16(10-21-12-22-13)20-24-23-19(30-20)14-5-4-8-25(11-14)31(26,27)15-6-7-17(28-2)18(9-15)29-3/h6-7,9-10,12,14H,4-5,8,11H2,1-3H3/t14-/m0/s1. The van der Waals surface area contributed by atoms with E-state index in [0.717, 1.165) is 12.1 Å². The molecule has 3 heterocycles. The summed E-state index contributed by atoms with van der Waals surface area (Å²) in [6.45, 7) is 2.50. The molecule has 31 heavy (non-hydrogen) atoms. The molecule has 0 radical (unpaired) electrons. The number of methoxy groups -OCH3 is 2. The average molecular weight is 446 g/mol. The zero-order valence-electron chi connectivity index (χ0n) is 17.5. The topological polar surface area (TPSA) is 121 Å². The lowest BCUT2D eigenvalue weighted by molar-refractivity contribution is 0.286. The van der Waals surface area contributed by atoms with Gasteiger partial charge in [0.25, 0.3) is 5.89 Å². The van der Waals surface area contributed by atoms with Crippen LogP contribution in [-0.2, 0) is 10.0 Å². The Morgan fingerprint density at radius 3 is 2.71 bits per heavy atom. The van der Waals surface area contributed by atoms with Crippen molar-refractivity contribution in [3.8, 4) is 23.0 Å². The SMILES string of the molecule is COc1ccc(S(=O)(=O)N2CCC[C@H](c3nnc(-c4cncnc4C)o3)C2)cc1OC. The van der Waals surface area contributed by atoms with Gasteiger partial charge in [0, 0.05) is 25.4 Å². The number of aromatic nitrogens is 4. The summed E-state index contributed by atoms with van der Waals surface area (Å²) >= 11 is 0. The van der Waals surface area contributed by atoms with Crippen LogP contribution in [0.1, 0.15) is 30.3 Å². The molecule has 4 rings (SSSR count). The van der Waals surface area contributed by atoms with Crippen LogP contribution in [-0.4, -0.2) is 60.2 Å². The highest BCUT2D eigenvalue weighted by atomic mass is 32.2. The predicted octanol–water partition coefficient (Wildman–Crippen LogP) is 2.42. The molecule has 0 aliphatic carbocycles. The van der Waals surface area contributed by atoms with Crippen LogP contribution in [0.5, 0.6) is 11.5 Å². The second kappa shape index (κ2) is 8.60. The van der Waals surface area contributed by atoms with Crippen LogP contribution < -0.4 is 9.47 Å². The molecule has 1 aliphatic rings. The van der Waals surface area contributed by atoms with Gasteiger partial charge < -0.3 is 13.9 Å². The van der Waals surface area contributed by atoms with Crippen LogP contribution in [0, 0.1) is 6.92 Å². The molecule has 1 aromatic carbocycles. The fraction of sp³-hybridized carbons (Fsp3) is 0.400. The molecule has 1 fully saturated rings. The lowest BCUT2D eigenvalue weighted by Crippen LogP contribution is -2.39. The number of sulfonamides is 1. The Hall–Kier alpha value is -3.05. The van der Waals surface area contributed by atoms with Crippen molar-refractivity contribution in [1.82, 2.24) is 24.5 Å². The van der Waals surface area contributed by atoms with E-state index >= 15 is 0 Å². The summed E-state index contributed by atoms with van der Waals surface area (Å²) < 4.78 is 44.3. The highest BCUT2D eigenvalue weighted by Gasteiger charge is 2.34.